The number of pyridine rings is 1. The molecular weight excluding hydrogens is 418 g/mol. The Morgan fingerprint density at radius 2 is 1.90 bits per heavy atom. The standard InChI is InChI=1S/C22H22ClN5O3/c23-19-7-4-8-20(25-19)31-16-9-11-28(12-10-16)21(29)14-24-22(30)18-13-17(26-27-18)15-5-2-1-3-6-15/h1-8,13,16H,9-12,14H2,(H,24,30)(H,26,27). The summed E-state index contributed by atoms with van der Waals surface area (Å²) in [6.07, 6.45) is 1.36. The van der Waals surface area contributed by atoms with Gasteiger partial charge in [0, 0.05) is 37.6 Å². The summed E-state index contributed by atoms with van der Waals surface area (Å²) in [5.74, 6) is -0.0114. The number of carbonyl (C=O) groups is 2. The van der Waals surface area contributed by atoms with Gasteiger partial charge >= 0.3 is 0 Å². The maximum atomic E-state index is 12.5. The molecule has 3 aromatic rings. The number of ether oxygens (including phenoxy) is 1. The van der Waals surface area contributed by atoms with E-state index in [0.717, 1.165) is 5.56 Å². The number of hydrogen-bond acceptors (Lipinski definition) is 5. The van der Waals surface area contributed by atoms with Gasteiger partial charge in [-0.05, 0) is 12.1 Å². The Bertz CT molecular complexity index is 1050. The van der Waals surface area contributed by atoms with Gasteiger partial charge in [0.1, 0.15) is 17.0 Å². The van der Waals surface area contributed by atoms with Crippen LogP contribution in [0.3, 0.4) is 0 Å². The minimum Gasteiger partial charge on any atom is -0.474 e. The number of nitrogens with one attached hydrogen (secondary N) is 2. The van der Waals surface area contributed by atoms with Gasteiger partial charge in [0.15, 0.2) is 0 Å². The topological polar surface area (TPSA) is 100 Å². The van der Waals surface area contributed by atoms with Crippen molar-refractivity contribution < 1.29 is 14.3 Å². The summed E-state index contributed by atoms with van der Waals surface area (Å²) in [4.78, 5) is 30.7. The molecule has 0 aliphatic carbocycles. The largest absolute Gasteiger partial charge is 0.474 e. The van der Waals surface area contributed by atoms with E-state index in [1.165, 1.54) is 0 Å². The number of aromatic nitrogens is 3. The molecule has 0 saturated carbocycles. The van der Waals surface area contributed by atoms with E-state index in [2.05, 4.69) is 20.5 Å². The first-order valence-electron chi connectivity index (χ1n) is 10.0. The highest BCUT2D eigenvalue weighted by molar-refractivity contribution is 6.29. The summed E-state index contributed by atoms with van der Waals surface area (Å²) in [5.41, 5.74) is 1.90. The van der Waals surface area contributed by atoms with Crippen LogP contribution < -0.4 is 10.1 Å². The number of rotatable bonds is 6. The van der Waals surface area contributed by atoms with Crippen LogP contribution in [0.5, 0.6) is 5.88 Å². The summed E-state index contributed by atoms with van der Waals surface area (Å²) < 4.78 is 5.84. The zero-order valence-electron chi connectivity index (χ0n) is 16.8. The first-order valence-corrected chi connectivity index (χ1v) is 10.4. The fourth-order valence-corrected chi connectivity index (χ4v) is 3.56. The molecule has 4 rings (SSSR count). The Hall–Kier alpha value is -3.39. The van der Waals surface area contributed by atoms with Crippen molar-refractivity contribution in [1.82, 2.24) is 25.4 Å². The smallest absolute Gasteiger partial charge is 0.269 e. The van der Waals surface area contributed by atoms with Crippen LogP contribution in [-0.2, 0) is 4.79 Å². The second-order valence-corrected chi connectivity index (χ2v) is 7.60. The predicted octanol–water partition coefficient (Wildman–Crippen LogP) is 2.92. The van der Waals surface area contributed by atoms with Crippen LogP contribution in [-0.4, -0.2) is 57.6 Å². The Morgan fingerprint density at radius 3 is 2.65 bits per heavy atom. The monoisotopic (exact) mass is 439 g/mol. The molecule has 1 aliphatic rings. The van der Waals surface area contributed by atoms with E-state index in [1.54, 1.807) is 29.2 Å². The number of nitrogens with zero attached hydrogens (tertiary/aromatic N) is 3. The lowest BCUT2D eigenvalue weighted by atomic mass is 10.1. The molecule has 1 saturated heterocycles. The lowest BCUT2D eigenvalue weighted by Gasteiger charge is -2.32. The maximum Gasteiger partial charge on any atom is 0.269 e. The van der Waals surface area contributed by atoms with Gasteiger partial charge in [0.2, 0.25) is 11.8 Å². The Balaban J connectivity index is 1.23. The summed E-state index contributed by atoms with van der Waals surface area (Å²) in [6.45, 7) is 1.05. The van der Waals surface area contributed by atoms with Crippen molar-refractivity contribution in [2.45, 2.75) is 18.9 Å². The first-order chi connectivity index (χ1) is 15.1. The van der Waals surface area contributed by atoms with Gasteiger partial charge in [0.25, 0.3) is 5.91 Å². The van der Waals surface area contributed by atoms with Gasteiger partial charge in [-0.25, -0.2) is 4.98 Å². The van der Waals surface area contributed by atoms with E-state index in [1.807, 2.05) is 30.3 Å². The third kappa shape index (κ3) is 5.40. The minimum atomic E-state index is -0.367. The Labute approximate surface area is 184 Å². The second-order valence-electron chi connectivity index (χ2n) is 7.21. The number of H-pyrrole nitrogens is 1. The number of aromatic amines is 1. The van der Waals surface area contributed by atoms with Crippen LogP contribution in [0.4, 0.5) is 0 Å². The summed E-state index contributed by atoms with van der Waals surface area (Å²) in [6, 6.07) is 16.5. The van der Waals surface area contributed by atoms with E-state index in [-0.39, 0.29) is 24.5 Å². The van der Waals surface area contributed by atoms with Crippen molar-refractivity contribution in [3.8, 4) is 17.1 Å². The average Bonchev–Trinajstić information content (AvgIpc) is 3.29. The number of likely N-dealkylation sites (tertiary alicyclic amines) is 1. The lowest BCUT2D eigenvalue weighted by molar-refractivity contribution is -0.131. The van der Waals surface area contributed by atoms with E-state index < -0.39 is 0 Å². The van der Waals surface area contributed by atoms with Crippen LogP contribution in [0, 0.1) is 0 Å². The van der Waals surface area contributed by atoms with Gasteiger partial charge in [0.05, 0.1) is 12.2 Å². The molecule has 0 unspecified atom stereocenters. The average molecular weight is 440 g/mol. The molecule has 9 heteroatoms. The third-order valence-electron chi connectivity index (χ3n) is 5.06. The summed E-state index contributed by atoms with van der Waals surface area (Å²) >= 11 is 5.88. The van der Waals surface area contributed by atoms with Crippen molar-refractivity contribution in [2.75, 3.05) is 19.6 Å². The SMILES string of the molecule is O=C(NCC(=O)N1CCC(Oc2cccc(Cl)n2)CC1)c1cc(-c2ccccc2)n[nH]1. The second kappa shape index (κ2) is 9.61. The predicted molar refractivity (Wildman–Crippen MR) is 116 cm³/mol. The molecule has 2 N–H and O–H groups in total. The Morgan fingerprint density at radius 1 is 1.13 bits per heavy atom. The van der Waals surface area contributed by atoms with Crippen molar-refractivity contribution in [1.29, 1.82) is 0 Å². The Kier molecular flexibility index (Phi) is 6.47. The fourth-order valence-electron chi connectivity index (χ4n) is 3.41. The van der Waals surface area contributed by atoms with Crippen molar-refractivity contribution in [3.63, 3.8) is 0 Å². The van der Waals surface area contributed by atoms with Crippen molar-refractivity contribution >= 4 is 23.4 Å². The van der Waals surface area contributed by atoms with E-state index in [9.17, 15) is 9.59 Å². The molecule has 0 radical (unpaired) electrons. The minimum absolute atomic E-state index is 0.0222. The molecule has 8 nitrogen and oxygen atoms in total. The molecule has 2 amide bonds. The highest BCUT2D eigenvalue weighted by Crippen LogP contribution is 2.19. The molecule has 2 aromatic heterocycles. The number of piperidine rings is 1. The highest BCUT2D eigenvalue weighted by atomic mass is 35.5. The van der Waals surface area contributed by atoms with Gasteiger partial charge in [-0.15, -0.1) is 0 Å². The number of carbonyl (C=O) groups excluding carboxylic acids is 2. The number of amides is 2. The van der Waals surface area contributed by atoms with Crippen LogP contribution in [0.15, 0.2) is 54.6 Å². The van der Waals surface area contributed by atoms with Gasteiger partial charge in [-0.1, -0.05) is 48.0 Å². The molecular formula is C22H22ClN5O3. The number of hydrogen-bond donors (Lipinski definition) is 2. The van der Waals surface area contributed by atoms with Crippen molar-refractivity contribution in [3.05, 3.63) is 65.4 Å². The number of halogens is 1. The molecule has 1 aromatic carbocycles. The molecule has 3 heterocycles. The molecule has 1 fully saturated rings. The van der Waals surface area contributed by atoms with Crippen LogP contribution in [0.25, 0.3) is 11.3 Å². The molecule has 160 valence electrons. The van der Waals surface area contributed by atoms with Gasteiger partial charge in [-0.3, -0.25) is 14.7 Å². The normalized spacial score (nSPS) is 14.3. The zero-order chi connectivity index (χ0) is 21.6. The number of benzene rings is 1. The zero-order valence-corrected chi connectivity index (χ0v) is 17.5. The molecule has 0 bridgehead atoms. The lowest BCUT2D eigenvalue weighted by Crippen LogP contribution is -2.46. The van der Waals surface area contributed by atoms with E-state index in [4.69, 9.17) is 16.3 Å². The van der Waals surface area contributed by atoms with Crippen LogP contribution in [0.2, 0.25) is 5.15 Å². The molecule has 0 atom stereocenters. The summed E-state index contributed by atoms with van der Waals surface area (Å²) in [5, 5.41) is 9.93. The molecule has 31 heavy (non-hydrogen) atoms. The van der Waals surface area contributed by atoms with Gasteiger partial charge < -0.3 is 15.0 Å². The van der Waals surface area contributed by atoms with E-state index in [0.29, 0.717) is 48.4 Å². The van der Waals surface area contributed by atoms with Crippen LogP contribution >= 0.6 is 11.6 Å². The molecule has 1 aliphatic heterocycles. The maximum absolute atomic E-state index is 12.5. The quantitative estimate of drug-likeness (QED) is 0.575. The highest BCUT2D eigenvalue weighted by Gasteiger charge is 2.24. The van der Waals surface area contributed by atoms with Crippen molar-refractivity contribution in [2.24, 2.45) is 0 Å². The van der Waals surface area contributed by atoms with E-state index >= 15 is 0 Å². The fraction of sp³-hybridized carbons (Fsp3) is 0.273. The summed E-state index contributed by atoms with van der Waals surface area (Å²) in [7, 11) is 0. The first kappa shape index (κ1) is 20.9. The van der Waals surface area contributed by atoms with Gasteiger partial charge in [-0.2, -0.15) is 5.10 Å². The molecule has 0 spiro atoms. The van der Waals surface area contributed by atoms with Crippen LogP contribution in [0.1, 0.15) is 23.3 Å². The third-order valence-corrected chi connectivity index (χ3v) is 5.27.